The van der Waals surface area contributed by atoms with Crippen LogP contribution in [0, 0.1) is 11.6 Å². The summed E-state index contributed by atoms with van der Waals surface area (Å²) >= 11 is 0. The lowest BCUT2D eigenvalue weighted by Crippen LogP contribution is -2.02. The van der Waals surface area contributed by atoms with Gasteiger partial charge in [0.15, 0.2) is 17.4 Å². The van der Waals surface area contributed by atoms with Crippen LogP contribution in [0.1, 0.15) is 32.7 Å². The number of pyridine rings is 1. The average molecular weight is 399 g/mol. The first-order valence-corrected chi connectivity index (χ1v) is 9.42. The van der Waals surface area contributed by atoms with Crippen LogP contribution in [0.15, 0.2) is 66.7 Å². The molecule has 0 bridgehead atoms. The molecule has 0 aliphatic carbocycles. The summed E-state index contributed by atoms with van der Waals surface area (Å²) in [5.41, 5.74) is 3.78. The Kier molecular flexibility index (Phi) is 4.36. The van der Waals surface area contributed by atoms with Crippen molar-refractivity contribution in [3.05, 3.63) is 106 Å². The predicted molar refractivity (Wildman–Crippen MR) is 111 cm³/mol. The molecule has 4 aromatic rings. The first-order chi connectivity index (χ1) is 14.6. The molecule has 0 N–H and O–H groups in total. The van der Waals surface area contributed by atoms with Crippen LogP contribution in [0.5, 0.6) is 5.75 Å². The molecular weight excluding hydrogens is 384 g/mol. The van der Waals surface area contributed by atoms with Crippen molar-refractivity contribution >= 4 is 28.8 Å². The van der Waals surface area contributed by atoms with Crippen molar-refractivity contribution < 1.29 is 18.3 Å². The molecule has 0 saturated carbocycles. The van der Waals surface area contributed by atoms with Gasteiger partial charge >= 0.3 is 0 Å². The molecule has 0 amide bonds. The van der Waals surface area contributed by atoms with Crippen LogP contribution in [0.25, 0.3) is 23.1 Å². The number of ether oxygens (including phenoxy) is 1. The summed E-state index contributed by atoms with van der Waals surface area (Å²) in [7, 11) is 0. The number of nitrogens with zero attached hydrogens (tertiary/aromatic N) is 1. The van der Waals surface area contributed by atoms with Crippen molar-refractivity contribution in [2.45, 2.75) is 6.61 Å². The van der Waals surface area contributed by atoms with E-state index in [1.54, 1.807) is 36.4 Å². The number of halogens is 2. The number of fused-ring (bicyclic) bond motifs is 3. The zero-order valence-corrected chi connectivity index (χ0v) is 15.7. The number of rotatable bonds is 2. The Morgan fingerprint density at radius 3 is 2.60 bits per heavy atom. The standard InChI is InChI=1S/C25H15F2NO2/c26-21-12-16-7-9-18(28-23(16)13-22(21)27)8-5-15-6-10-24-20(11-15)25(29)19-4-2-1-3-17(19)14-30-24/h1-13H,14H2/b8-5+. The normalized spacial score (nSPS) is 13.1. The second-order valence-corrected chi connectivity index (χ2v) is 7.06. The van der Waals surface area contributed by atoms with Gasteiger partial charge in [-0.25, -0.2) is 13.8 Å². The van der Waals surface area contributed by atoms with Gasteiger partial charge in [0.05, 0.1) is 16.8 Å². The molecule has 1 aliphatic rings. The fourth-order valence-corrected chi connectivity index (χ4v) is 3.53. The number of hydrogen-bond acceptors (Lipinski definition) is 3. The van der Waals surface area contributed by atoms with Gasteiger partial charge in [0, 0.05) is 22.6 Å². The van der Waals surface area contributed by atoms with Crippen molar-refractivity contribution in [2.24, 2.45) is 0 Å². The van der Waals surface area contributed by atoms with Crippen LogP contribution in [-0.2, 0) is 6.61 Å². The summed E-state index contributed by atoms with van der Waals surface area (Å²) in [5.74, 6) is -1.35. The molecule has 0 saturated heterocycles. The molecule has 2 heterocycles. The van der Waals surface area contributed by atoms with E-state index in [2.05, 4.69) is 4.98 Å². The Labute approximate surface area is 171 Å². The van der Waals surface area contributed by atoms with Crippen molar-refractivity contribution in [1.29, 1.82) is 0 Å². The van der Waals surface area contributed by atoms with Gasteiger partial charge in [-0.2, -0.15) is 0 Å². The quantitative estimate of drug-likeness (QED) is 0.427. The average Bonchev–Trinajstić information content (AvgIpc) is 2.90. The fraction of sp³-hybridized carbons (Fsp3) is 0.0400. The number of aromatic nitrogens is 1. The van der Waals surface area contributed by atoms with Crippen molar-refractivity contribution in [1.82, 2.24) is 4.98 Å². The Balaban J connectivity index is 1.48. The van der Waals surface area contributed by atoms with E-state index < -0.39 is 11.6 Å². The Morgan fingerprint density at radius 2 is 1.70 bits per heavy atom. The topological polar surface area (TPSA) is 39.2 Å². The molecule has 30 heavy (non-hydrogen) atoms. The van der Waals surface area contributed by atoms with Gasteiger partial charge in [-0.1, -0.05) is 42.5 Å². The summed E-state index contributed by atoms with van der Waals surface area (Å²) < 4.78 is 32.7. The van der Waals surface area contributed by atoms with Gasteiger partial charge in [0.1, 0.15) is 12.4 Å². The first-order valence-electron chi connectivity index (χ1n) is 9.42. The number of hydrogen-bond donors (Lipinski definition) is 0. The largest absolute Gasteiger partial charge is 0.488 e. The SMILES string of the molecule is O=C1c2ccccc2COc2ccc(/C=C/c3ccc4cc(F)c(F)cc4n3)cc21. The van der Waals surface area contributed by atoms with E-state index in [1.165, 1.54) is 0 Å². The third-order valence-electron chi connectivity index (χ3n) is 5.09. The molecule has 0 atom stereocenters. The van der Waals surface area contributed by atoms with Crippen LogP contribution >= 0.6 is 0 Å². The maximum absolute atomic E-state index is 13.5. The van der Waals surface area contributed by atoms with Gasteiger partial charge in [0.2, 0.25) is 0 Å². The summed E-state index contributed by atoms with van der Waals surface area (Å²) in [4.78, 5) is 17.3. The van der Waals surface area contributed by atoms with E-state index in [0.717, 1.165) is 23.3 Å². The monoisotopic (exact) mass is 399 g/mol. The number of benzene rings is 3. The second kappa shape index (κ2) is 7.19. The molecule has 3 aromatic carbocycles. The lowest BCUT2D eigenvalue weighted by Gasteiger charge is -2.07. The third-order valence-corrected chi connectivity index (χ3v) is 5.09. The molecule has 5 heteroatoms. The van der Waals surface area contributed by atoms with Gasteiger partial charge in [-0.15, -0.1) is 0 Å². The predicted octanol–water partition coefficient (Wildman–Crippen LogP) is 5.81. The highest BCUT2D eigenvalue weighted by molar-refractivity contribution is 6.12. The van der Waals surface area contributed by atoms with Crippen LogP contribution in [0.4, 0.5) is 8.78 Å². The molecule has 1 aromatic heterocycles. The Morgan fingerprint density at radius 1 is 0.867 bits per heavy atom. The molecular formula is C25H15F2NO2. The van der Waals surface area contributed by atoms with Crippen LogP contribution < -0.4 is 4.74 Å². The number of ketones is 1. The van der Waals surface area contributed by atoms with E-state index in [-0.39, 0.29) is 5.78 Å². The van der Waals surface area contributed by atoms with E-state index >= 15 is 0 Å². The van der Waals surface area contributed by atoms with Gasteiger partial charge in [0.25, 0.3) is 0 Å². The number of carbonyl (C=O) groups excluding carboxylic acids is 1. The maximum atomic E-state index is 13.5. The van der Waals surface area contributed by atoms with Crippen LogP contribution in [-0.4, -0.2) is 10.8 Å². The van der Waals surface area contributed by atoms with E-state index in [4.69, 9.17) is 4.74 Å². The van der Waals surface area contributed by atoms with Crippen LogP contribution in [0.2, 0.25) is 0 Å². The molecule has 0 radical (unpaired) electrons. The minimum Gasteiger partial charge on any atom is -0.488 e. The zero-order chi connectivity index (χ0) is 20.7. The molecule has 5 rings (SSSR count). The van der Waals surface area contributed by atoms with E-state index in [9.17, 15) is 13.6 Å². The van der Waals surface area contributed by atoms with Crippen LogP contribution in [0.3, 0.4) is 0 Å². The van der Waals surface area contributed by atoms with Gasteiger partial charge in [-0.3, -0.25) is 4.79 Å². The zero-order valence-electron chi connectivity index (χ0n) is 15.7. The van der Waals surface area contributed by atoms with Crippen molar-refractivity contribution in [3.63, 3.8) is 0 Å². The lowest BCUT2D eigenvalue weighted by molar-refractivity contribution is 0.103. The number of carbonyl (C=O) groups is 1. The molecule has 0 spiro atoms. The van der Waals surface area contributed by atoms with E-state index in [0.29, 0.717) is 40.1 Å². The maximum Gasteiger partial charge on any atom is 0.197 e. The second-order valence-electron chi connectivity index (χ2n) is 7.06. The van der Waals surface area contributed by atoms with Gasteiger partial charge < -0.3 is 4.74 Å². The third kappa shape index (κ3) is 3.24. The first kappa shape index (κ1) is 18.2. The van der Waals surface area contributed by atoms with Crippen molar-refractivity contribution in [3.8, 4) is 5.75 Å². The molecule has 0 fully saturated rings. The Bertz CT molecular complexity index is 1340. The lowest BCUT2D eigenvalue weighted by atomic mass is 9.98. The molecule has 1 aliphatic heterocycles. The smallest absolute Gasteiger partial charge is 0.197 e. The minimum absolute atomic E-state index is 0.0744. The summed E-state index contributed by atoms with van der Waals surface area (Å²) in [6, 6.07) is 18.5. The molecule has 0 unspecified atom stereocenters. The summed E-state index contributed by atoms with van der Waals surface area (Å²) in [6.07, 6.45) is 3.58. The summed E-state index contributed by atoms with van der Waals surface area (Å²) in [5, 5.41) is 0.525. The fourth-order valence-electron chi connectivity index (χ4n) is 3.53. The highest BCUT2D eigenvalue weighted by atomic mass is 19.2. The highest BCUT2D eigenvalue weighted by Gasteiger charge is 2.21. The van der Waals surface area contributed by atoms with Crippen molar-refractivity contribution in [2.75, 3.05) is 0 Å². The molecule has 146 valence electrons. The molecule has 3 nitrogen and oxygen atoms in total. The summed E-state index contributed by atoms with van der Waals surface area (Å²) in [6.45, 7) is 0.349. The Hall–Kier alpha value is -3.86. The highest BCUT2D eigenvalue weighted by Crippen LogP contribution is 2.29. The van der Waals surface area contributed by atoms with E-state index in [1.807, 2.05) is 30.3 Å². The van der Waals surface area contributed by atoms with Gasteiger partial charge in [-0.05, 0) is 35.9 Å². The minimum atomic E-state index is -0.930.